The molecule has 4 heteroatoms. The number of rotatable bonds is 6. The second-order valence-corrected chi connectivity index (χ2v) is 7.15. The number of para-hydroxylation sites is 1. The molecule has 0 saturated carbocycles. The van der Waals surface area contributed by atoms with Crippen LogP contribution in [0.15, 0.2) is 91.0 Å². The molecule has 0 bridgehead atoms. The highest BCUT2D eigenvalue weighted by Crippen LogP contribution is 2.39. The van der Waals surface area contributed by atoms with Crippen LogP contribution in [0.5, 0.6) is 17.2 Å². The first-order chi connectivity index (χ1) is 14.2. The number of hydrogen-bond acceptors (Lipinski definition) is 2. The standard InChI is InChI=1S/C25H17Cl2O2/c26-22-16-19(14-15-23(22)28-17-18-8-3-1-4-9-18)21-12-7-13-24(25(21)27)29-20-10-5-2-6-11-20/h1-11,13-16H,17H2. The lowest BCUT2D eigenvalue weighted by Gasteiger charge is -2.13. The third kappa shape index (κ3) is 4.73. The van der Waals surface area contributed by atoms with Gasteiger partial charge in [0.15, 0.2) is 0 Å². The smallest absolute Gasteiger partial charge is 0.146 e. The molecule has 4 rings (SSSR count). The van der Waals surface area contributed by atoms with Crippen molar-refractivity contribution in [3.05, 3.63) is 113 Å². The molecule has 29 heavy (non-hydrogen) atoms. The predicted octanol–water partition coefficient (Wildman–Crippen LogP) is 7.83. The van der Waals surface area contributed by atoms with Gasteiger partial charge in [0.2, 0.25) is 0 Å². The summed E-state index contributed by atoms with van der Waals surface area (Å²) in [5.41, 5.74) is 2.64. The monoisotopic (exact) mass is 419 g/mol. The maximum Gasteiger partial charge on any atom is 0.146 e. The van der Waals surface area contributed by atoms with E-state index >= 15 is 0 Å². The van der Waals surface area contributed by atoms with Crippen molar-refractivity contribution in [3.8, 4) is 28.4 Å². The molecule has 1 radical (unpaired) electrons. The Morgan fingerprint density at radius 1 is 0.759 bits per heavy atom. The second kappa shape index (κ2) is 9.04. The number of hydrogen-bond donors (Lipinski definition) is 0. The van der Waals surface area contributed by atoms with Gasteiger partial charge in [0.05, 0.1) is 10.0 Å². The summed E-state index contributed by atoms with van der Waals surface area (Å²) in [5, 5.41) is 0.989. The van der Waals surface area contributed by atoms with Crippen LogP contribution in [0.2, 0.25) is 10.0 Å². The van der Waals surface area contributed by atoms with Crippen LogP contribution in [0.3, 0.4) is 0 Å². The van der Waals surface area contributed by atoms with Gasteiger partial charge in [-0.1, -0.05) is 77.8 Å². The molecule has 0 atom stereocenters. The minimum atomic E-state index is 0.452. The molecule has 0 N–H and O–H groups in total. The van der Waals surface area contributed by atoms with E-state index in [4.69, 9.17) is 32.7 Å². The Kier molecular flexibility index (Phi) is 6.04. The normalized spacial score (nSPS) is 10.6. The highest BCUT2D eigenvalue weighted by atomic mass is 35.5. The zero-order valence-electron chi connectivity index (χ0n) is 15.4. The van der Waals surface area contributed by atoms with Crippen LogP contribution in [0.4, 0.5) is 0 Å². The van der Waals surface area contributed by atoms with Crippen molar-refractivity contribution >= 4 is 23.2 Å². The summed E-state index contributed by atoms with van der Waals surface area (Å²) in [5.74, 6) is 1.90. The number of ether oxygens (including phenoxy) is 2. The van der Waals surface area contributed by atoms with Crippen molar-refractivity contribution in [2.45, 2.75) is 6.61 Å². The van der Waals surface area contributed by atoms with Gasteiger partial charge in [0, 0.05) is 5.56 Å². The van der Waals surface area contributed by atoms with Gasteiger partial charge in [-0.15, -0.1) is 0 Å². The van der Waals surface area contributed by atoms with E-state index in [-0.39, 0.29) is 0 Å². The topological polar surface area (TPSA) is 18.5 Å². The summed E-state index contributed by atoms with van der Waals surface area (Å²) >= 11 is 13.1. The molecule has 0 aliphatic rings. The SMILES string of the molecule is Clc1cc(-c2[c]ccc(Oc3ccccc3)c2Cl)ccc1OCc1ccccc1. The Labute approximate surface area is 180 Å². The summed E-state index contributed by atoms with van der Waals surface area (Å²) in [6.07, 6.45) is 0. The molecule has 4 aromatic carbocycles. The van der Waals surface area contributed by atoms with E-state index in [2.05, 4.69) is 6.07 Å². The van der Waals surface area contributed by atoms with E-state index in [0.29, 0.717) is 33.9 Å². The molecule has 0 aliphatic heterocycles. The van der Waals surface area contributed by atoms with Gasteiger partial charge in [-0.2, -0.15) is 0 Å². The van der Waals surface area contributed by atoms with E-state index in [1.54, 1.807) is 12.1 Å². The van der Waals surface area contributed by atoms with Gasteiger partial charge >= 0.3 is 0 Å². The summed E-state index contributed by atoms with van der Waals surface area (Å²) < 4.78 is 11.8. The lowest BCUT2D eigenvalue weighted by atomic mass is 10.1. The highest BCUT2D eigenvalue weighted by molar-refractivity contribution is 6.35. The zero-order valence-corrected chi connectivity index (χ0v) is 17.0. The van der Waals surface area contributed by atoms with Crippen LogP contribution >= 0.6 is 23.2 Å². The van der Waals surface area contributed by atoms with Gasteiger partial charge in [0.25, 0.3) is 0 Å². The second-order valence-electron chi connectivity index (χ2n) is 6.37. The van der Waals surface area contributed by atoms with Crippen molar-refractivity contribution in [3.63, 3.8) is 0 Å². The summed E-state index contributed by atoms with van der Waals surface area (Å²) in [6, 6.07) is 31.8. The van der Waals surface area contributed by atoms with Crippen molar-refractivity contribution in [1.29, 1.82) is 0 Å². The van der Waals surface area contributed by atoms with Crippen molar-refractivity contribution < 1.29 is 9.47 Å². The van der Waals surface area contributed by atoms with Crippen LogP contribution in [0.1, 0.15) is 5.56 Å². The lowest BCUT2D eigenvalue weighted by Crippen LogP contribution is -1.96. The third-order valence-electron chi connectivity index (χ3n) is 4.33. The fourth-order valence-corrected chi connectivity index (χ4v) is 3.37. The largest absolute Gasteiger partial charge is 0.487 e. The average Bonchev–Trinajstić information content (AvgIpc) is 2.76. The Morgan fingerprint density at radius 2 is 1.48 bits per heavy atom. The first-order valence-corrected chi connectivity index (χ1v) is 9.86. The van der Waals surface area contributed by atoms with Gasteiger partial charge in [0.1, 0.15) is 23.9 Å². The van der Waals surface area contributed by atoms with Crippen molar-refractivity contribution in [1.82, 2.24) is 0 Å². The van der Waals surface area contributed by atoms with Crippen LogP contribution in [0.25, 0.3) is 11.1 Å². The molecule has 2 nitrogen and oxygen atoms in total. The van der Waals surface area contributed by atoms with Crippen LogP contribution < -0.4 is 9.47 Å². The van der Waals surface area contributed by atoms with Crippen LogP contribution in [-0.2, 0) is 6.61 Å². The highest BCUT2D eigenvalue weighted by Gasteiger charge is 2.12. The lowest BCUT2D eigenvalue weighted by molar-refractivity contribution is 0.306. The molecule has 0 amide bonds. The van der Waals surface area contributed by atoms with E-state index in [0.717, 1.165) is 16.7 Å². The van der Waals surface area contributed by atoms with E-state index in [1.807, 2.05) is 78.9 Å². The first kappa shape index (κ1) is 19.4. The summed E-state index contributed by atoms with van der Waals surface area (Å²) in [4.78, 5) is 0. The van der Waals surface area contributed by atoms with Gasteiger partial charge in [-0.25, -0.2) is 0 Å². The first-order valence-electron chi connectivity index (χ1n) is 9.10. The third-order valence-corrected chi connectivity index (χ3v) is 5.00. The van der Waals surface area contributed by atoms with Gasteiger partial charge < -0.3 is 9.47 Å². The molecule has 0 saturated heterocycles. The van der Waals surface area contributed by atoms with Crippen molar-refractivity contribution in [2.75, 3.05) is 0 Å². The molecule has 4 aromatic rings. The maximum absolute atomic E-state index is 6.60. The minimum absolute atomic E-state index is 0.452. The molecular formula is C25H17Cl2O2. The summed E-state index contributed by atoms with van der Waals surface area (Å²) in [7, 11) is 0. The molecule has 0 spiro atoms. The van der Waals surface area contributed by atoms with Gasteiger partial charge in [-0.05, 0) is 53.6 Å². The Hall–Kier alpha value is -2.94. The molecule has 143 valence electrons. The molecule has 0 aliphatic carbocycles. The molecule has 0 aromatic heterocycles. The predicted molar refractivity (Wildman–Crippen MR) is 118 cm³/mol. The Balaban J connectivity index is 1.55. The van der Waals surface area contributed by atoms with Gasteiger partial charge in [-0.3, -0.25) is 0 Å². The van der Waals surface area contributed by atoms with Crippen molar-refractivity contribution in [2.24, 2.45) is 0 Å². The summed E-state index contributed by atoms with van der Waals surface area (Å²) in [6.45, 7) is 0.452. The molecule has 0 fully saturated rings. The Morgan fingerprint density at radius 3 is 2.21 bits per heavy atom. The van der Waals surface area contributed by atoms with E-state index in [9.17, 15) is 0 Å². The quantitative estimate of drug-likeness (QED) is 0.316. The Bertz CT molecular complexity index is 1100. The number of halogens is 2. The molecule has 0 heterocycles. The molecular weight excluding hydrogens is 403 g/mol. The number of benzene rings is 4. The minimum Gasteiger partial charge on any atom is -0.487 e. The van der Waals surface area contributed by atoms with Crippen LogP contribution in [-0.4, -0.2) is 0 Å². The zero-order chi connectivity index (χ0) is 20.1. The average molecular weight is 420 g/mol. The van der Waals surface area contributed by atoms with Crippen LogP contribution in [0, 0.1) is 6.07 Å². The fourth-order valence-electron chi connectivity index (χ4n) is 2.87. The van der Waals surface area contributed by atoms with E-state index < -0.39 is 0 Å². The molecule has 0 unspecified atom stereocenters. The van der Waals surface area contributed by atoms with E-state index in [1.165, 1.54) is 0 Å². The fraction of sp³-hybridized carbons (Fsp3) is 0.0400. The maximum atomic E-state index is 6.60.